The van der Waals surface area contributed by atoms with Crippen LogP contribution >= 0.6 is 11.3 Å². The molecule has 0 aliphatic carbocycles. The summed E-state index contributed by atoms with van der Waals surface area (Å²) in [6.45, 7) is 3.80. The lowest BCUT2D eigenvalue weighted by Gasteiger charge is -2.13. The average molecular weight is 252 g/mol. The Morgan fingerprint density at radius 2 is 2.18 bits per heavy atom. The number of benzene rings is 1. The fourth-order valence-electron chi connectivity index (χ4n) is 1.46. The van der Waals surface area contributed by atoms with Gasteiger partial charge < -0.3 is 10.5 Å². The summed E-state index contributed by atoms with van der Waals surface area (Å²) in [4.78, 5) is 4.86. The minimum atomic E-state index is -0.318. The van der Waals surface area contributed by atoms with E-state index in [2.05, 4.69) is 4.98 Å². The third kappa shape index (κ3) is 2.74. The number of rotatable bonds is 3. The van der Waals surface area contributed by atoms with Crippen molar-refractivity contribution < 1.29 is 9.13 Å². The Morgan fingerprint density at radius 3 is 2.76 bits per heavy atom. The summed E-state index contributed by atoms with van der Waals surface area (Å²) >= 11 is 1.35. The highest BCUT2D eigenvalue weighted by atomic mass is 32.1. The van der Waals surface area contributed by atoms with E-state index in [4.69, 9.17) is 10.5 Å². The Hall–Kier alpha value is -1.62. The SMILES string of the molecule is CC(C)Oc1cc(F)ccc1-c1cnc(N)s1. The smallest absolute Gasteiger partial charge is 0.180 e. The van der Waals surface area contributed by atoms with Gasteiger partial charge in [-0.3, -0.25) is 0 Å². The van der Waals surface area contributed by atoms with Crippen molar-refractivity contribution in [2.75, 3.05) is 5.73 Å². The molecule has 0 bridgehead atoms. The lowest BCUT2D eigenvalue weighted by atomic mass is 10.1. The zero-order valence-electron chi connectivity index (χ0n) is 9.61. The molecule has 0 saturated heterocycles. The maximum Gasteiger partial charge on any atom is 0.180 e. The zero-order valence-corrected chi connectivity index (χ0v) is 10.4. The highest BCUT2D eigenvalue weighted by Crippen LogP contribution is 2.35. The molecule has 2 N–H and O–H groups in total. The third-order valence-corrected chi connectivity index (χ3v) is 2.96. The van der Waals surface area contributed by atoms with Crippen LogP contribution in [0.1, 0.15) is 13.8 Å². The van der Waals surface area contributed by atoms with Gasteiger partial charge in [-0.25, -0.2) is 9.37 Å². The van der Waals surface area contributed by atoms with Crippen molar-refractivity contribution in [2.24, 2.45) is 0 Å². The molecule has 0 aliphatic heterocycles. The van der Waals surface area contributed by atoms with Gasteiger partial charge in [-0.05, 0) is 26.0 Å². The Bertz CT molecular complexity index is 525. The van der Waals surface area contributed by atoms with Gasteiger partial charge in [-0.2, -0.15) is 0 Å². The molecular formula is C12H13FN2OS. The van der Waals surface area contributed by atoms with E-state index < -0.39 is 0 Å². The first-order chi connectivity index (χ1) is 8.06. The summed E-state index contributed by atoms with van der Waals surface area (Å²) in [5.41, 5.74) is 6.40. The van der Waals surface area contributed by atoms with Crippen molar-refractivity contribution in [3.63, 3.8) is 0 Å². The molecule has 0 atom stereocenters. The highest BCUT2D eigenvalue weighted by molar-refractivity contribution is 7.18. The molecule has 3 nitrogen and oxygen atoms in total. The van der Waals surface area contributed by atoms with Gasteiger partial charge in [0, 0.05) is 17.8 Å². The molecule has 0 radical (unpaired) electrons. The Kier molecular flexibility index (Phi) is 3.28. The standard InChI is InChI=1S/C12H13FN2OS/c1-7(2)16-10-5-8(13)3-4-9(10)11-6-15-12(14)17-11/h3-7H,1-2H3,(H2,14,15). The molecule has 2 rings (SSSR count). The van der Waals surface area contributed by atoms with E-state index in [0.29, 0.717) is 10.9 Å². The topological polar surface area (TPSA) is 48.1 Å². The Balaban J connectivity index is 2.45. The van der Waals surface area contributed by atoms with Gasteiger partial charge in [0.2, 0.25) is 0 Å². The van der Waals surface area contributed by atoms with E-state index in [9.17, 15) is 4.39 Å². The second kappa shape index (κ2) is 4.71. The summed E-state index contributed by atoms with van der Waals surface area (Å²) in [7, 11) is 0. The van der Waals surface area contributed by atoms with Crippen LogP contribution in [0, 0.1) is 5.82 Å². The molecule has 1 aromatic carbocycles. The summed E-state index contributed by atoms with van der Waals surface area (Å²) in [6, 6.07) is 4.46. The fraction of sp³-hybridized carbons (Fsp3) is 0.250. The van der Waals surface area contributed by atoms with Crippen LogP contribution in [0.4, 0.5) is 9.52 Å². The molecule has 90 valence electrons. The van der Waals surface area contributed by atoms with Crippen molar-refractivity contribution in [2.45, 2.75) is 20.0 Å². The number of halogens is 1. The molecule has 2 aromatic rings. The lowest BCUT2D eigenvalue weighted by molar-refractivity contribution is 0.242. The maximum atomic E-state index is 13.2. The van der Waals surface area contributed by atoms with Crippen LogP contribution in [0.2, 0.25) is 0 Å². The number of thiazole rings is 1. The molecule has 0 spiro atoms. The second-order valence-corrected chi connectivity index (χ2v) is 4.93. The molecule has 0 amide bonds. The molecule has 0 saturated carbocycles. The molecule has 0 unspecified atom stereocenters. The predicted molar refractivity (Wildman–Crippen MR) is 67.7 cm³/mol. The van der Waals surface area contributed by atoms with Gasteiger partial charge in [0.15, 0.2) is 5.13 Å². The molecule has 0 fully saturated rings. The Morgan fingerprint density at radius 1 is 1.41 bits per heavy atom. The van der Waals surface area contributed by atoms with Crippen LogP contribution in [0.3, 0.4) is 0 Å². The largest absolute Gasteiger partial charge is 0.490 e. The highest BCUT2D eigenvalue weighted by Gasteiger charge is 2.11. The van der Waals surface area contributed by atoms with Crippen molar-refractivity contribution in [3.05, 3.63) is 30.2 Å². The molecule has 1 aromatic heterocycles. The molecule has 0 aliphatic rings. The fourth-order valence-corrected chi connectivity index (χ4v) is 2.18. The number of hydrogen-bond acceptors (Lipinski definition) is 4. The van der Waals surface area contributed by atoms with Gasteiger partial charge in [-0.1, -0.05) is 11.3 Å². The number of nitrogens with two attached hydrogens (primary N) is 1. The first kappa shape index (κ1) is 11.9. The second-order valence-electron chi connectivity index (χ2n) is 3.87. The van der Waals surface area contributed by atoms with E-state index in [0.717, 1.165) is 10.4 Å². The van der Waals surface area contributed by atoms with E-state index in [1.165, 1.54) is 23.5 Å². The van der Waals surface area contributed by atoms with E-state index >= 15 is 0 Å². The van der Waals surface area contributed by atoms with Crippen molar-refractivity contribution in [1.29, 1.82) is 0 Å². The molecule has 1 heterocycles. The van der Waals surface area contributed by atoms with Crippen LogP contribution in [0.15, 0.2) is 24.4 Å². The van der Waals surface area contributed by atoms with Gasteiger partial charge in [0.1, 0.15) is 11.6 Å². The third-order valence-electron chi connectivity index (χ3n) is 2.10. The van der Waals surface area contributed by atoms with Crippen LogP contribution < -0.4 is 10.5 Å². The van der Waals surface area contributed by atoms with Gasteiger partial charge >= 0.3 is 0 Å². The summed E-state index contributed by atoms with van der Waals surface area (Å²) in [5.74, 6) is 0.200. The molecular weight excluding hydrogens is 239 g/mol. The van der Waals surface area contributed by atoms with Crippen LogP contribution in [-0.2, 0) is 0 Å². The Labute approximate surface area is 103 Å². The van der Waals surface area contributed by atoms with Crippen molar-refractivity contribution >= 4 is 16.5 Å². The number of aromatic nitrogens is 1. The minimum absolute atomic E-state index is 0.0131. The van der Waals surface area contributed by atoms with Crippen molar-refractivity contribution in [1.82, 2.24) is 4.98 Å². The summed E-state index contributed by atoms with van der Waals surface area (Å²) < 4.78 is 18.8. The van der Waals surface area contributed by atoms with Gasteiger partial charge in [0.05, 0.1) is 11.0 Å². The maximum absolute atomic E-state index is 13.2. The molecule has 17 heavy (non-hydrogen) atoms. The summed E-state index contributed by atoms with van der Waals surface area (Å²) in [6.07, 6.45) is 1.65. The monoisotopic (exact) mass is 252 g/mol. The van der Waals surface area contributed by atoms with E-state index in [1.54, 1.807) is 12.3 Å². The molecule has 5 heteroatoms. The minimum Gasteiger partial charge on any atom is -0.490 e. The first-order valence-corrected chi connectivity index (χ1v) is 6.06. The number of ether oxygens (including phenoxy) is 1. The number of nitrogen functional groups attached to an aromatic ring is 1. The lowest BCUT2D eigenvalue weighted by Crippen LogP contribution is -2.06. The van der Waals surface area contributed by atoms with Crippen LogP contribution in [0.5, 0.6) is 5.75 Å². The quantitative estimate of drug-likeness (QED) is 0.911. The van der Waals surface area contributed by atoms with E-state index in [-0.39, 0.29) is 11.9 Å². The van der Waals surface area contributed by atoms with E-state index in [1.807, 2.05) is 13.8 Å². The average Bonchev–Trinajstić information content (AvgIpc) is 2.64. The number of anilines is 1. The predicted octanol–water partition coefficient (Wildman–Crippen LogP) is 3.32. The normalized spacial score (nSPS) is 10.8. The zero-order chi connectivity index (χ0) is 12.4. The number of nitrogens with zero attached hydrogens (tertiary/aromatic N) is 1. The summed E-state index contributed by atoms with van der Waals surface area (Å²) in [5, 5.41) is 0.486. The van der Waals surface area contributed by atoms with Crippen molar-refractivity contribution in [3.8, 4) is 16.2 Å². The van der Waals surface area contributed by atoms with Crippen LogP contribution in [-0.4, -0.2) is 11.1 Å². The van der Waals surface area contributed by atoms with Gasteiger partial charge in [0.25, 0.3) is 0 Å². The van der Waals surface area contributed by atoms with Gasteiger partial charge in [-0.15, -0.1) is 0 Å². The number of hydrogen-bond donors (Lipinski definition) is 1. The first-order valence-electron chi connectivity index (χ1n) is 5.24. The van der Waals surface area contributed by atoms with Crippen LogP contribution in [0.25, 0.3) is 10.4 Å².